The molecular weight excluding hydrogens is 264 g/mol. The maximum absolute atomic E-state index is 10.4. The molecule has 0 radical (unpaired) electrons. The maximum Gasteiger partial charge on any atom is 0.159 e. The third-order valence-electron chi connectivity index (χ3n) is 2.77. The van der Waals surface area contributed by atoms with Crippen LogP contribution in [-0.2, 0) is 5.60 Å². The standard InChI is InChI=1S/C9H13BrN2OS/c1-12-4-2-9(13,3-5-12)7-6-14-8(10)11-7/h6,13H,2-5H2,1H3. The second kappa shape index (κ2) is 3.89. The van der Waals surface area contributed by atoms with Gasteiger partial charge in [0, 0.05) is 18.5 Å². The summed E-state index contributed by atoms with van der Waals surface area (Å²) in [6, 6.07) is 0. The van der Waals surface area contributed by atoms with E-state index in [9.17, 15) is 5.11 Å². The van der Waals surface area contributed by atoms with Crippen LogP contribution in [0.2, 0.25) is 0 Å². The Morgan fingerprint density at radius 2 is 2.21 bits per heavy atom. The molecule has 2 heterocycles. The molecule has 1 aliphatic heterocycles. The van der Waals surface area contributed by atoms with E-state index in [0.29, 0.717) is 0 Å². The highest BCUT2D eigenvalue weighted by molar-refractivity contribution is 9.11. The third kappa shape index (κ3) is 2.00. The lowest BCUT2D eigenvalue weighted by molar-refractivity contribution is -0.0234. The zero-order valence-corrected chi connectivity index (χ0v) is 10.4. The van der Waals surface area contributed by atoms with Crippen LogP contribution in [0.5, 0.6) is 0 Å². The molecule has 0 atom stereocenters. The highest BCUT2D eigenvalue weighted by atomic mass is 79.9. The molecular formula is C9H13BrN2OS. The average Bonchev–Trinajstić information content (AvgIpc) is 2.58. The number of halogens is 1. The highest BCUT2D eigenvalue weighted by Gasteiger charge is 2.34. The number of likely N-dealkylation sites (tertiary alicyclic amines) is 1. The van der Waals surface area contributed by atoms with Gasteiger partial charge in [0.15, 0.2) is 3.92 Å². The first-order valence-corrected chi connectivity index (χ1v) is 6.30. The van der Waals surface area contributed by atoms with Gasteiger partial charge in [0.1, 0.15) is 5.60 Å². The Labute approximate surface area is 95.9 Å². The van der Waals surface area contributed by atoms with Crippen LogP contribution in [0.4, 0.5) is 0 Å². The summed E-state index contributed by atoms with van der Waals surface area (Å²) in [5.41, 5.74) is 0.122. The quantitative estimate of drug-likeness (QED) is 0.850. The fraction of sp³-hybridized carbons (Fsp3) is 0.667. The average molecular weight is 277 g/mol. The van der Waals surface area contributed by atoms with Crippen LogP contribution in [0.3, 0.4) is 0 Å². The Bertz CT molecular complexity index is 320. The molecule has 0 saturated carbocycles. The van der Waals surface area contributed by atoms with Gasteiger partial charge in [0.05, 0.1) is 5.69 Å². The Kier molecular flexibility index (Phi) is 2.93. The van der Waals surface area contributed by atoms with Crippen LogP contribution in [-0.4, -0.2) is 35.1 Å². The summed E-state index contributed by atoms with van der Waals surface area (Å²) in [7, 11) is 2.08. The summed E-state index contributed by atoms with van der Waals surface area (Å²) in [6.07, 6.45) is 1.55. The van der Waals surface area contributed by atoms with Crippen molar-refractivity contribution in [3.8, 4) is 0 Å². The lowest BCUT2D eigenvalue weighted by Crippen LogP contribution is -2.40. The topological polar surface area (TPSA) is 36.4 Å². The summed E-state index contributed by atoms with van der Waals surface area (Å²) < 4.78 is 0.847. The summed E-state index contributed by atoms with van der Waals surface area (Å²) in [4.78, 5) is 6.53. The van der Waals surface area contributed by atoms with Crippen LogP contribution < -0.4 is 0 Å². The third-order valence-corrected chi connectivity index (χ3v) is 4.13. The predicted molar refractivity (Wildman–Crippen MR) is 60.4 cm³/mol. The molecule has 3 nitrogen and oxygen atoms in total. The minimum atomic E-state index is -0.699. The molecule has 0 aliphatic carbocycles. The van der Waals surface area contributed by atoms with Gasteiger partial charge in [0.2, 0.25) is 0 Å². The van der Waals surface area contributed by atoms with Gasteiger partial charge in [-0.1, -0.05) is 0 Å². The van der Waals surface area contributed by atoms with Crippen molar-refractivity contribution in [1.29, 1.82) is 0 Å². The molecule has 1 saturated heterocycles. The Hall–Kier alpha value is 0.0300. The van der Waals surface area contributed by atoms with Crippen LogP contribution in [0.15, 0.2) is 9.30 Å². The summed E-state index contributed by atoms with van der Waals surface area (Å²) in [6.45, 7) is 1.87. The largest absolute Gasteiger partial charge is 0.383 e. The highest BCUT2D eigenvalue weighted by Crippen LogP contribution is 2.33. The van der Waals surface area contributed by atoms with Crippen molar-refractivity contribution in [2.45, 2.75) is 18.4 Å². The molecule has 0 aromatic carbocycles. The van der Waals surface area contributed by atoms with E-state index in [1.54, 1.807) is 0 Å². The number of hydrogen-bond donors (Lipinski definition) is 1. The lowest BCUT2D eigenvalue weighted by atomic mass is 9.89. The molecule has 1 aromatic rings. The zero-order valence-electron chi connectivity index (χ0n) is 8.03. The Morgan fingerprint density at radius 3 is 2.71 bits per heavy atom. The van der Waals surface area contributed by atoms with E-state index in [1.807, 2.05) is 5.38 Å². The molecule has 2 rings (SSSR count). The molecule has 14 heavy (non-hydrogen) atoms. The normalized spacial score (nSPS) is 22.5. The molecule has 78 valence electrons. The van der Waals surface area contributed by atoms with Crippen molar-refractivity contribution in [1.82, 2.24) is 9.88 Å². The van der Waals surface area contributed by atoms with Gasteiger partial charge in [-0.05, 0) is 35.8 Å². The monoisotopic (exact) mass is 276 g/mol. The molecule has 1 fully saturated rings. The summed E-state index contributed by atoms with van der Waals surface area (Å²) in [5, 5.41) is 12.3. The number of aliphatic hydroxyl groups is 1. The molecule has 0 bridgehead atoms. The van der Waals surface area contributed by atoms with Crippen LogP contribution in [0.25, 0.3) is 0 Å². The second-order valence-corrected chi connectivity index (χ2v) is 5.95. The Morgan fingerprint density at radius 1 is 1.57 bits per heavy atom. The Balaban J connectivity index is 2.16. The zero-order chi connectivity index (χ0) is 10.2. The van der Waals surface area contributed by atoms with Crippen LogP contribution >= 0.6 is 27.3 Å². The van der Waals surface area contributed by atoms with Gasteiger partial charge >= 0.3 is 0 Å². The van der Waals surface area contributed by atoms with Crippen molar-refractivity contribution in [3.05, 3.63) is 15.0 Å². The van der Waals surface area contributed by atoms with Gasteiger partial charge in [0.25, 0.3) is 0 Å². The summed E-state index contributed by atoms with van der Waals surface area (Å²) in [5.74, 6) is 0. The van der Waals surface area contributed by atoms with E-state index in [2.05, 4.69) is 32.9 Å². The van der Waals surface area contributed by atoms with E-state index in [-0.39, 0.29) is 0 Å². The number of piperidine rings is 1. The second-order valence-electron chi connectivity index (χ2n) is 3.82. The van der Waals surface area contributed by atoms with E-state index in [4.69, 9.17) is 0 Å². The number of nitrogens with zero attached hydrogens (tertiary/aromatic N) is 2. The van der Waals surface area contributed by atoms with E-state index >= 15 is 0 Å². The molecule has 1 aromatic heterocycles. The SMILES string of the molecule is CN1CCC(O)(c2csc(Br)n2)CC1. The molecule has 5 heteroatoms. The number of thiazole rings is 1. The number of rotatable bonds is 1. The molecule has 1 aliphatic rings. The first-order valence-electron chi connectivity index (χ1n) is 4.63. The molecule has 0 unspecified atom stereocenters. The molecule has 0 spiro atoms. The first-order chi connectivity index (χ1) is 6.60. The molecule has 1 N–H and O–H groups in total. The van der Waals surface area contributed by atoms with Gasteiger partial charge in [-0.25, -0.2) is 4.98 Å². The molecule has 0 amide bonds. The van der Waals surface area contributed by atoms with Crippen molar-refractivity contribution in [2.75, 3.05) is 20.1 Å². The number of hydrogen-bond acceptors (Lipinski definition) is 4. The van der Waals surface area contributed by atoms with Gasteiger partial charge in [-0.3, -0.25) is 0 Å². The predicted octanol–water partition coefficient (Wildman–Crippen LogP) is 1.82. The lowest BCUT2D eigenvalue weighted by Gasteiger charge is -2.35. The van der Waals surface area contributed by atoms with Gasteiger partial charge in [-0.15, -0.1) is 11.3 Å². The summed E-state index contributed by atoms with van der Waals surface area (Å²) >= 11 is 4.85. The van der Waals surface area contributed by atoms with E-state index < -0.39 is 5.60 Å². The smallest absolute Gasteiger partial charge is 0.159 e. The van der Waals surface area contributed by atoms with Crippen molar-refractivity contribution in [2.24, 2.45) is 0 Å². The van der Waals surface area contributed by atoms with E-state index in [1.165, 1.54) is 11.3 Å². The van der Waals surface area contributed by atoms with Crippen LogP contribution in [0.1, 0.15) is 18.5 Å². The minimum Gasteiger partial charge on any atom is -0.383 e. The maximum atomic E-state index is 10.4. The fourth-order valence-electron chi connectivity index (χ4n) is 1.71. The van der Waals surface area contributed by atoms with Crippen molar-refractivity contribution >= 4 is 27.3 Å². The van der Waals surface area contributed by atoms with Crippen molar-refractivity contribution < 1.29 is 5.11 Å². The van der Waals surface area contributed by atoms with E-state index in [0.717, 1.165) is 35.5 Å². The minimum absolute atomic E-state index is 0.699. The van der Waals surface area contributed by atoms with Crippen LogP contribution in [0, 0.1) is 0 Å². The van der Waals surface area contributed by atoms with Gasteiger partial charge in [-0.2, -0.15) is 0 Å². The van der Waals surface area contributed by atoms with Gasteiger partial charge < -0.3 is 10.0 Å². The number of aromatic nitrogens is 1. The van der Waals surface area contributed by atoms with Crippen molar-refractivity contribution in [3.63, 3.8) is 0 Å². The first kappa shape index (κ1) is 10.5. The fourth-order valence-corrected chi connectivity index (χ4v) is 2.81.